The van der Waals surface area contributed by atoms with Gasteiger partial charge in [-0.15, -0.1) is 6.58 Å². The summed E-state index contributed by atoms with van der Waals surface area (Å²) in [6.45, 7) is 8.81. The number of hydrogen-bond acceptors (Lipinski definition) is 2. The number of likely N-dealkylation sites (N-methyl/N-ethyl adjacent to an activating group) is 1. The lowest BCUT2D eigenvalue weighted by Crippen LogP contribution is -2.39. The molecule has 3 heteroatoms. The first-order valence-electron chi connectivity index (χ1n) is 6.86. The fourth-order valence-corrected chi connectivity index (χ4v) is 2.58. The van der Waals surface area contributed by atoms with Crippen molar-refractivity contribution in [2.45, 2.75) is 39.0 Å². The minimum absolute atomic E-state index is 0.130. The molecule has 98 valence electrons. The summed E-state index contributed by atoms with van der Waals surface area (Å²) in [5.74, 6) is 0.906. The maximum atomic E-state index is 11.6. The molecule has 1 aliphatic rings. The smallest absolute Gasteiger partial charge is 0.234 e. The third kappa shape index (κ3) is 5.87. The molecule has 0 aromatic carbocycles. The van der Waals surface area contributed by atoms with Crippen LogP contribution in [0.1, 0.15) is 39.0 Å². The van der Waals surface area contributed by atoms with Gasteiger partial charge >= 0.3 is 0 Å². The van der Waals surface area contributed by atoms with Crippen LogP contribution in [0.5, 0.6) is 0 Å². The Morgan fingerprint density at radius 3 is 2.71 bits per heavy atom. The van der Waals surface area contributed by atoms with E-state index in [1.165, 1.54) is 32.1 Å². The van der Waals surface area contributed by atoms with Crippen molar-refractivity contribution in [3.8, 4) is 0 Å². The van der Waals surface area contributed by atoms with Crippen molar-refractivity contribution in [1.29, 1.82) is 0 Å². The second kappa shape index (κ2) is 8.29. The number of nitrogens with one attached hydrogen (secondary N) is 1. The molecule has 1 rings (SSSR count). The minimum Gasteiger partial charge on any atom is -0.355 e. The standard InChI is InChI=1S/C14H26N2O/c1-3-10-16(12-14(17)15-4-2)11-13-8-6-5-7-9-13/h3,13H,1,4-12H2,2H3,(H,15,17). The fraction of sp³-hybridized carbons (Fsp3) is 0.786. The van der Waals surface area contributed by atoms with E-state index in [9.17, 15) is 4.79 Å². The first-order chi connectivity index (χ1) is 8.26. The van der Waals surface area contributed by atoms with Gasteiger partial charge in [0.2, 0.25) is 5.91 Å². The Labute approximate surface area is 105 Å². The number of amides is 1. The summed E-state index contributed by atoms with van der Waals surface area (Å²) in [7, 11) is 0. The average Bonchev–Trinajstić information content (AvgIpc) is 2.31. The largest absolute Gasteiger partial charge is 0.355 e. The molecule has 3 nitrogen and oxygen atoms in total. The van der Waals surface area contributed by atoms with Gasteiger partial charge in [-0.2, -0.15) is 0 Å². The quantitative estimate of drug-likeness (QED) is 0.690. The lowest BCUT2D eigenvalue weighted by molar-refractivity contribution is -0.122. The summed E-state index contributed by atoms with van der Waals surface area (Å²) in [4.78, 5) is 13.8. The molecule has 0 aromatic rings. The monoisotopic (exact) mass is 238 g/mol. The number of rotatable bonds is 7. The van der Waals surface area contributed by atoms with Gasteiger partial charge in [-0.1, -0.05) is 25.3 Å². The number of carbonyl (C=O) groups is 1. The molecule has 1 amide bonds. The number of hydrogen-bond donors (Lipinski definition) is 1. The molecule has 17 heavy (non-hydrogen) atoms. The zero-order valence-corrected chi connectivity index (χ0v) is 11.1. The average molecular weight is 238 g/mol. The maximum Gasteiger partial charge on any atom is 0.234 e. The molecule has 1 N–H and O–H groups in total. The van der Waals surface area contributed by atoms with E-state index in [1.807, 2.05) is 13.0 Å². The Morgan fingerprint density at radius 2 is 2.12 bits per heavy atom. The molecule has 0 saturated heterocycles. The Morgan fingerprint density at radius 1 is 1.41 bits per heavy atom. The molecule has 0 unspecified atom stereocenters. The van der Waals surface area contributed by atoms with Gasteiger partial charge < -0.3 is 5.32 Å². The SMILES string of the molecule is C=CCN(CC(=O)NCC)CC1CCCCC1. The Balaban J connectivity index is 2.35. The van der Waals surface area contributed by atoms with Crippen LogP contribution in [0, 0.1) is 5.92 Å². The van der Waals surface area contributed by atoms with Gasteiger partial charge in [0, 0.05) is 19.6 Å². The normalized spacial score (nSPS) is 17.1. The summed E-state index contributed by atoms with van der Waals surface area (Å²) in [5.41, 5.74) is 0. The third-order valence-electron chi connectivity index (χ3n) is 3.37. The van der Waals surface area contributed by atoms with E-state index >= 15 is 0 Å². The van der Waals surface area contributed by atoms with Crippen molar-refractivity contribution in [2.75, 3.05) is 26.2 Å². The molecule has 1 saturated carbocycles. The number of carbonyl (C=O) groups excluding carboxylic acids is 1. The molecule has 0 atom stereocenters. The highest BCUT2D eigenvalue weighted by molar-refractivity contribution is 5.77. The zero-order chi connectivity index (χ0) is 12.5. The summed E-state index contributed by atoms with van der Waals surface area (Å²) in [5, 5.41) is 2.86. The topological polar surface area (TPSA) is 32.3 Å². The van der Waals surface area contributed by atoms with Crippen molar-refractivity contribution < 1.29 is 4.79 Å². The highest BCUT2D eigenvalue weighted by Crippen LogP contribution is 2.24. The molecule has 1 fully saturated rings. The summed E-state index contributed by atoms with van der Waals surface area (Å²) in [6, 6.07) is 0. The van der Waals surface area contributed by atoms with E-state index in [0.29, 0.717) is 13.1 Å². The lowest BCUT2D eigenvalue weighted by Gasteiger charge is -2.28. The third-order valence-corrected chi connectivity index (χ3v) is 3.37. The second-order valence-corrected chi connectivity index (χ2v) is 4.94. The first kappa shape index (κ1) is 14.2. The molecule has 0 aliphatic heterocycles. The highest BCUT2D eigenvalue weighted by atomic mass is 16.2. The lowest BCUT2D eigenvalue weighted by atomic mass is 9.89. The van der Waals surface area contributed by atoms with Crippen molar-refractivity contribution in [1.82, 2.24) is 10.2 Å². The Bertz CT molecular complexity index is 234. The summed E-state index contributed by atoms with van der Waals surface area (Å²) < 4.78 is 0. The molecule has 0 spiro atoms. The van der Waals surface area contributed by atoms with Gasteiger partial charge in [-0.05, 0) is 25.7 Å². The first-order valence-corrected chi connectivity index (χ1v) is 6.86. The molecule has 0 bridgehead atoms. The predicted octanol–water partition coefficient (Wildman–Crippen LogP) is 2.19. The van der Waals surface area contributed by atoms with E-state index in [4.69, 9.17) is 0 Å². The predicted molar refractivity (Wildman–Crippen MR) is 71.9 cm³/mol. The van der Waals surface area contributed by atoms with E-state index in [-0.39, 0.29) is 5.91 Å². The van der Waals surface area contributed by atoms with Crippen LogP contribution >= 0.6 is 0 Å². The van der Waals surface area contributed by atoms with Crippen LogP contribution in [-0.2, 0) is 4.79 Å². The van der Waals surface area contributed by atoms with E-state index in [1.54, 1.807) is 0 Å². The van der Waals surface area contributed by atoms with E-state index in [0.717, 1.165) is 19.0 Å². The van der Waals surface area contributed by atoms with Crippen LogP contribution in [0.25, 0.3) is 0 Å². The highest BCUT2D eigenvalue weighted by Gasteiger charge is 2.18. The molecular formula is C14H26N2O. The maximum absolute atomic E-state index is 11.6. The molecule has 0 radical (unpaired) electrons. The minimum atomic E-state index is 0.130. The van der Waals surface area contributed by atoms with Crippen LogP contribution in [0.2, 0.25) is 0 Å². The molecule has 0 heterocycles. The van der Waals surface area contributed by atoms with Crippen molar-refractivity contribution >= 4 is 5.91 Å². The number of nitrogens with zero attached hydrogens (tertiary/aromatic N) is 1. The second-order valence-electron chi connectivity index (χ2n) is 4.94. The Hall–Kier alpha value is -0.830. The van der Waals surface area contributed by atoms with Gasteiger partial charge in [0.15, 0.2) is 0 Å². The van der Waals surface area contributed by atoms with E-state index in [2.05, 4.69) is 16.8 Å². The van der Waals surface area contributed by atoms with Crippen LogP contribution < -0.4 is 5.32 Å². The molecule has 1 aliphatic carbocycles. The van der Waals surface area contributed by atoms with Crippen LogP contribution in [-0.4, -0.2) is 37.0 Å². The van der Waals surface area contributed by atoms with Gasteiger partial charge in [0.05, 0.1) is 6.54 Å². The van der Waals surface area contributed by atoms with Gasteiger partial charge in [-0.3, -0.25) is 9.69 Å². The van der Waals surface area contributed by atoms with Gasteiger partial charge in [-0.25, -0.2) is 0 Å². The van der Waals surface area contributed by atoms with Crippen LogP contribution in [0.15, 0.2) is 12.7 Å². The summed E-state index contributed by atoms with van der Waals surface area (Å²) in [6.07, 6.45) is 8.63. The van der Waals surface area contributed by atoms with Gasteiger partial charge in [0.25, 0.3) is 0 Å². The molecular weight excluding hydrogens is 212 g/mol. The zero-order valence-electron chi connectivity index (χ0n) is 11.1. The van der Waals surface area contributed by atoms with E-state index < -0.39 is 0 Å². The Kier molecular flexibility index (Phi) is 6.94. The van der Waals surface area contributed by atoms with Crippen LogP contribution in [0.4, 0.5) is 0 Å². The van der Waals surface area contributed by atoms with Crippen molar-refractivity contribution in [3.63, 3.8) is 0 Å². The van der Waals surface area contributed by atoms with Crippen LogP contribution in [0.3, 0.4) is 0 Å². The van der Waals surface area contributed by atoms with Gasteiger partial charge in [0.1, 0.15) is 0 Å². The van der Waals surface area contributed by atoms with Crippen molar-refractivity contribution in [3.05, 3.63) is 12.7 Å². The molecule has 0 aromatic heterocycles. The van der Waals surface area contributed by atoms with Crippen molar-refractivity contribution in [2.24, 2.45) is 5.92 Å². The summed E-state index contributed by atoms with van der Waals surface area (Å²) >= 11 is 0. The fourth-order valence-electron chi connectivity index (χ4n) is 2.58.